The Kier molecular flexibility index (Phi) is 6.34. The first-order chi connectivity index (χ1) is 15.4. The highest BCUT2D eigenvalue weighted by Gasteiger charge is 2.23. The highest BCUT2D eigenvalue weighted by molar-refractivity contribution is 7.89. The van der Waals surface area contributed by atoms with Crippen molar-refractivity contribution in [1.82, 2.24) is 19.4 Å². The van der Waals surface area contributed by atoms with Gasteiger partial charge in [0.1, 0.15) is 0 Å². The Labute approximate surface area is 187 Å². The molecule has 32 heavy (non-hydrogen) atoms. The molecule has 1 aromatic heterocycles. The number of hydrogen-bond acceptors (Lipinski definition) is 4. The molecule has 0 aliphatic rings. The molecule has 7 nitrogen and oxygen atoms in total. The topological polar surface area (TPSA) is 84.3 Å². The van der Waals surface area contributed by atoms with E-state index in [2.05, 4.69) is 10.4 Å². The van der Waals surface area contributed by atoms with Gasteiger partial charge in [-0.15, -0.1) is 0 Å². The van der Waals surface area contributed by atoms with Crippen LogP contribution in [0.25, 0.3) is 10.8 Å². The fourth-order valence-electron chi connectivity index (χ4n) is 3.50. The normalized spacial score (nSPS) is 11.7. The number of nitrogens with one attached hydrogen (secondary N) is 1. The molecular weight excluding hydrogens is 424 g/mol. The van der Waals surface area contributed by atoms with Crippen molar-refractivity contribution in [3.63, 3.8) is 0 Å². The van der Waals surface area contributed by atoms with Crippen LogP contribution in [0, 0.1) is 0 Å². The molecule has 0 unspecified atom stereocenters. The zero-order valence-corrected chi connectivity index (χ0v) is 18.5. The minimum atomic E-state index is -3.79. The Morgan fingerprint density at radius 2 is 1.69 bits per heavy atom. The molecule has 1 N–H and O–H groups in total. The van der Waals surface area contributed by atoms with E-state index in [4.69, 9.17) is 0 Å². The number of sulfonamides is 1. The Morgan fingerprint density at radius 3 is 2.44 bits per heavy atom. The summed E-state index contributed by atoms with van der Waals surface area (Å²) < 4.78 is 28.8. The van der Waals surface area contributed by atoms with Crippen LogP contribution in [0.3, 0.4) is 0 Å². The number of benzene rings is 3. The molecule has 8 heteroatoms. The number of carbonyl (C=O) groups is 1. The lowest BCUT2D eigenvalue weighted by atomic mass is 10.1. The number of rotatable bonds is 8. The summed E-state index contributed by atoms with van der Waals surface area (Å²) >= 11 is 0. The third kappa shape index (κ3) is 4.87. The van der Waals surface area contributed by atoms with E-state index in [0.29, 0.717) is 13.1 Å². The van der Waals surface area contributed by atoms with Crippen molar-refractivity contribution in [1.29, 1.82) is 0 Å². The van der Waals surface area contributed by atoms with Gasteiger partial charge in [-0.2, -0.15) is 9.40 Å². The van der Waals surface area contributed by atoms with Crippen LogP contribution >= 0.6 is 0 Å². The van der Waals surface area contributed by atoms with E-state index in [1.807, 2.05) is 65.5 Å². The van der Waals surface area contributed by atoms with Crippen LogP contribution in [-0.2, 0) is 27.9 Å². The van der Waals surface area contributed by atoms with Crippen LogP contribution in [0.5, 0.6) is 0 Å². The van der Waals surface area contributed by atoms with E-state index < -0.39 is 10.0 Å². The van der Waals surface area contributed by atoms with E-state index >= 15 is 0 Å². The van der Waals surface area contributed by atoms with E-state index in [1.165, 1.54) is 7.05 Å². The molecule has 4 aromatic rings. The third-order valence-electron chi connectivity index (χ3n) is 5.28. The van der Waals surface area contributed by atoms with Gasteiger partial charge in [0, 0.05) is 26.0 Å². The summed E-state index contributed by atoms with van der Waals surface area (Å²) in [6.45, 7) is 0.631. The molecule has 0 aliphatic heterocycles. The number of carbonyl (C=O) groups excluding carboxylic acids is 1. The maximum absolute atomic E-state index is 13.0. The summed E-state index contributed by atoms with van der Waals surface area (Å²) in [6, 6.07) is 22.1. The first-order valence-electron chi connectivity index (χ1n) is 10.2. The molecule has 164 valence electrons. The molecule has 0 saturated heterocycles. The van der Waals surface area contributed by atoms with Gasteiger partial charge in [0.05, 0.1) is 18.0 Å². The lowest BCUT2D eigenvalue weighted by Crippen LogP contribution is -2.38. The first kappa shape index (κ1) is 21.7. The van der Waals surface area contributed by atoms with Gasteiger partial charge < -0.3 is 5.32 Å². The summed E-state index contributed by atoms with van der Waals surface area (Å²) in [5, 5.41) is 8.84. The quantitative estimate of drug-likeness (QED) is 0.449. The molecule has 1 heterocycles. The minimum absolute atomic E-state index is 0.163. The van der Waals surface area contributed by atoms with Gasteiger partial charge in [-0.25, -0.2) is 8.42 Å². The molecule has 0 bridgehead atoms. The molecule has 4 rings (SSSR count). The van der Waals surface area contributed by atoms with E-state index in [1.54, 1.807) is 24.4 Å². The fourth-order valence-corrected chi connectivity index (χ4v) is 4.66. The SMILES string of the molecule is CN(CC(=O)NCc1ccccc1Cn1cccn1)S(=O)(=O)c1ccc2ccccc2c1. The Hall–Kier alpha value is -3.49. The summed E-state index contributed by atoms with van der Waals surface area (Å²) in [7, 11) is -2.38. The largest absolute Gasteiger partial charge is 0.351 e. The van der Waals surface area contributed by atoms with Crippen molar-refractivity contribution in [2.45, 2.75) is 18.0 Å². The number of aromatic nitrogens is 2. The summed E-state index contributed by atoms with van der Waals surface area (Å²) in [5.74, 6) is -0.370. The van der Waals surface area contributed by atoms with Gasteiger partial charge in [0.2, 0.25) is 15.9 Å². The molecule has 0 fully saturated rings. The maximum Gasteiger partial charge on any atom is 0.243 e. The third-order valence-corrected chi connectivity index (χ3v) is 7.08. The molecule has 0 spiro atoms. The molecule has 0 radical (unpaired) electrons. The number of likely N-dealkylation sites (N-methyl/N-ethyl adjacent to an activating group) is 1. The van der Waals surface area contributed by atoms with Crippen molar-refractivity contribution >= 4 is 26.7 Å². The highest BCUT2D eigenvalue weighted by atomic mass is 32.2. The standard InChI is InChI=1S/C24H24N4O3S/c1-27(32(30,31)23-12-11-19-7-2-3-8-20(19)15-23)18-24(29)25-16-21-9-4-5-10-22(21)17-28-14-6-13-26-28/h2-15H,16-18H2,1H3,(H,25,29). The monoisotopic (exact) mass is 448 g/mol. The Balaban J connectivity index is 1.40. The molecule has 1 amide bonds. The average molecular weight is 449 g/mol. The molecule has 0 atom stereocenters. The van der Waals surface area contributed by atoms with Crippen LogP contribution in [0.15, 0.2) is 90.1 Å². The Bertz CT molecular complexity index is 1330. The van der Waals surface area contributed by atoms with Crippen molar-refractivity contribution in [2.24, 2.45) is 0 Å². The molecule has 3 aromatic carbocycles. The second-order valence-corrected chi connectivity index (χ2v) is 9.56. The fraction of sp³-hybridized carbons (Fsp3) is 0.167. The lowest BCUT2D eigenvalue weighted by molar-refractivity contribution is -0.121. The number of nitrogens with zero attached hydrogens (tertiary/aromatic N) is 3. The van der Waals surface area contributed by atoms with Crippen molar-refractivity contribution in [3.05, 3.63) is 96.3 Å². The molecule has 0 aliphatic carbocycles. The van der Waals surface area contributed by atoms with Crippen LogP contribution in [0.1, 0.15) is 11.1 Å². The van der Waals surface area contributed by atoms with Gasteiger partial charge in [0.25, 0.3) is 0 Å². The summed E-state index contributed by atoms with van der Waals surface area (Å²) in [6.07, 6.45) is 3.60. The minimum Gasteiger partial charge on any atom is -0.351 e. The van der Waals surface area contributed by atoms with Gasteiger partial charge in [-0.3, -0.25) is 9.48 Å². The highest BCUT2D eigenvalue weighted by Crippen LogP contribution is 2.21. The zero-order valence-electron chi connectivity index (χ0n) is 17.7. The number of amides is 1. The van der Waals surface area contributed by atoms with Crippen molar-refractivity contribution in [3.8, 4) is 0 Å². The maximum atomic E-state index is 13.0. The second-order valence-electron chi connectivity index (χ2n) is 7.52. The van der Waals surface area contributed by atoms with Crippen molar-refractivity contribution in [2.75, 3.05) is 13.6 Å². The van der Waals surface area contributed by atoms with Crippen LogP contribution in [0.4, 0.5) is 0 Å². The molecular formula is C24H24N4O3S. The number of fused-ring (bicyclic) bond motifs is 1. The van der Waals surface area contributed by atoms with E-state index in [9.17, 15) is 13.2 Å². The molecule has 0 saturated carbocycles. The number of hydrogen-bond donors (Lipinski definition) is 1. The average Bonchev–Trinajstić information content (AvgIpc) is 3.31. The lowest BCUT2D eigenvalue weighted by Gasteiger charge is -2.18. The van der Waals surface area contributed by atoms with Gasteiger partial charge in [-0.1, -0.05) is 54.6 Å². The second kappa shape index (κ2) is 9.33. The van der Waals surface area contributed by atoms with E-state index in [-0.39, 0.29) is 17.3 Å². The van der Waals surface area contributed by atoms with Crippen LogP contribution in [-0.4, -0.2) is 42.0 Å². The van der Waals surface area contributed by atoms with Gasteiger partial charge in [0.15, 0.2) is 0 Å². The zero-order chi connectivity index (χ0) is 22.6. The van der Waals surface area contributed by atoms with Gasteiger partial charge in [-0.05, 0) is 40.1 Å². The Morgan fingerprint density at radius 1 is 0.969 bits per heavy atom. The summed E-state index contributed by atoms with van der Waals surface area (Å²) in [5.41, 5.74) is 1.99. The van der Waals surface area contributed by atoms with E-state index in [0.717, 1.165) is 26.2 Å². The predicted octanol–water partition coefficient (Wildman–Crippen LogP) is 3.02. The predicted molar refractivity (Wildman–Crippen MR) is 123 cm³/mol. The van der Waals surface area contributed by atoms with Crippen LogP contribution in [0.2, 0.25) is 0 Å². The summed E-state index contributed by atoms with van der Waals surface area (Å²) in [4.78, 5) is 12.7. The van der Waals surface area contributed by atoms with Crippen LogP contribution < -0.4 is 5.32 Å². The van der Waals surface area contributed by atoms with Crippen molar-refractivity contribution < 1.29 is 13.2 Å². The smallest absolute Gasteiger partial charge is 0.243 e. The first-order valence-corrected chi connectivity index (χ1v) is 11.6. The van der Waals surface area contributed by atoms with Gasteiger partial charge >= 0.3 is 0 Å².